The summed E-state index contributed by atoms with van der Waals surface area (Å²) in [6.45, 7) is 3.94. The minimum Gasteiger partial charge on any atom is -0.393 e. The molecule has 1 saturated heterocycles. The molecule has 0 bridgehead atoms. The van der Waals surface area contributed by atoms with E-state index >= 15 is 0 Å². The molecule has 0 atom stereocenters. The number of aliphatic imine (C=N–C) groups is 1. The molecule has 0 amide bonds. The molecular weight excluding hydrogens is 417 g/mol. The van der Waals surface area contributed by atoms with Gasteiger partial charge in [0.15, 0.2) is 5.96 Å². The highest BCUT2D eigenvalue weighted by atomic mass is 19.4. The van der Waals surface area contributed by atoms with Crippen LogP contribution in [-0.4, -0.2) is 48.8 Å². The SMILES string of the molecule is CN=C(NCCc1ccc(C(F)(F)F)cc1)NCc1ccc(CN2CCC(O)CC2)cc1. The summed E-state index contributed by atoms with van der Waals surface area (Å²) in [5, 5.41) is 16.1. The van der Waals surface area contributed by atoms with Crippen molar-refractivity contribution in [1.29, 1.82) is 0 Å². The van der Waals surface area contributed by atoms with Crippen LogP contribution >= 0.6 is 0 Å². The number of nitrogens with one attached hydrogen (secondary N) is 2. The fourth-order valence-corrected chi connectivity index (χ4v) is 3.69. The second kappa shape index (κ2) is 11.3. The average molecular weight is 449 g/mol. The summed E-state index contributed by atoms with van der Waals surface area (Å²) in [6.07, 6.45) is -2.18. The summed E-state index contributed by atoms with van der Waals surface area (Å²) in [6, 6.07) is 13.7. The van der Waals surface area contributed by atoms with Crippen LogP contribution in [0.1, 0.15) is 35.1 Å². The largest absolute Gasteiger partial charge is 0.416 e. The zero-order valence-electron chi connectivity index (χ0n) is 18.3. The van der Waals surface area contributed by atoms with E-state index in [1.807, 2.05) is 0 Å². The molecule has 1 aliphatic rings. The van der Waals surface area contributed by atoms with Gasteiger partial charge in [-0.1, -0.05) is 36.4 Å². The van der Waals surface area contributed by atoms with Gasteiger partial charge in [-0.25, -0.2) is 0 Å². The molecule has 0 radical (unpaired) electrons. The number of aliphatic hydroxyl groups excluding tert-OH is 1. The van der Waals surface area contributed by atoms with E-state index in [0.29, 0.717) is 25.5 Å². The first-order chi connectivity index (χ1) is 15.3. The molecule has 2 aromatic rings. The Balaban J connectivity index is 1.39. The molecule has 0 saturated carbocycles. The van der Waals surface area contributed by atoms with E-state index in [-0.39, 0.29) is 6.10 Å². The molecule has 0 aliphatic carbocycles. The standard InChI is InChI=1S/C24H31F3N4O/c1-28-23(29-13-10-18-6-8-21(9-7-18)24(25,26)27)30-16-19-2-4-20(5-3-19)17-31-14-11-22(32)12-15-31/h2-9,22,32H,10-17H2,1H3,(H2,28,29,30). The van der Waals surface area contributed by atoms with E-state index in [4.69, 9.17) is 0 Å². The van der Waals surface area contributed by atoms with Crippen LogP contribution in [0.2, 0.25) is 0 Å². The van der Waals surface area contributed by atoms with Crippen molar-refractivity contribution in [2.24, 2.45) is 4.99 Å². The summed E-state index contributed by atoms with van der Waals surface area (Å²) >= 11 is 0. The van der Waals surface area contributed by atoms with Gasteiger partial charge in [0.2, 0.25) is 0 Å². The van der Waals surface area contributed by atoms with Crippen LogP contribution in [0.25, 0.3) is 0 Å². The first-order valence-corrected chi connectivity index (χ1v) is 10.9. The van der Waals surface area contributed by atoms with Crippen LogP contribution in [0, 0.1) is 0 Å². The highest BCUT2D eigenvalue weighted by Crippen LogP contribution is 2.29. The van der Waals surface area contributed by atoms with Gasteiger partial charge in [-0.3, -0.25) is 9.89 Å². The Bertz CT molecular complexity index is 858. The van der Waals surface area contributed by atoms with Crippen molar-refractivity contribution in [1.82, 2.24) is 15.5 Å². The summed E-state index contributed by atoms with van der Waals surface area (Å²) < 4.78 is 37.9. The lowest BCUT2D eigenvalue weighted by atomic mass is 10.1. The molecule has 3 rings (SSSR count). The molecule has 5 nitrogen and oxygen atoms in total. The van der Waals surface area contributed by atoms with Gasteiger partial charge in [0.05, 0.1) is 11.7 Å². The van der Waals surface area contributed by atoms with Crippen LogP contribution in [0.15, 0.2) is 53.5 Å². The minimum atomic E-state index is -4.31. The van der Waals surface area contributed by atoms with Gasteiger partial charge in [0, 0.05) is 39.8 Å². The Kier molecular flexibility index (Phi) is 8.53. The third-order valence-corrected chi connectivity index (χ3v) is 5.66. The lowest BCUT2D eigenvalue weighted by molar-refractivity contribution is -0.137. The number of alkyl halides is 3. The summed E-state index contributed by atoms with van der Waals surface area (Å²) in [5.41, 5.74) is 2.59. The molecule has 32 heavy (non-hydrogen) atoms. The Morgan fingerprint density at radius 2 is 1.56 bits per heavy atom. The van der Waals surface area contributed by atoms with Crippen LogP contribution in [0.4, 0.5) is 13.2 Å². The van der Waals surface area contributed by atoms with Gasteiger partial charge in [-0.05, 0) is 48.1 Å². The highest BCUT2D eigenvalue weighted by molar-refractivity contribution is 5.79. The van der Waals surface area contributed by atoms with Crippen molar-refractivity contribution in [2.75, 3.05) is 26.7 Å². The van der Waals surface area contributed by atoms with Gasteiger partial charge in [-0.15, -0.1) is 0 Å². The monoisotopic (exact) mass is 448 g/mol. The lowest BCUT2D eigenvalue weighted by Crippen LogP contribution is -2.37. The Hall–Kier alpha value is -2.58. The molecule has 3 N–H and O–H groups in total. The maximum atomic E-state index is 12.6. The maximum absolute atomic E-state index is 12.6. The van der Waals surface area contributed by atoms with Crippen molar-refractivity contribution in [3.05, 3.63) is 70.8 Å². The van der Waals surface area contributed by atoms with E-state index in [1.165, 1.54) is 17.7 Å². The number of guanidine groups is 1. The lowest BCUT2D eigenvalue weighted by Gasteiger charge is -2.29. The molecule has 0 spiro atoms. The normalized spacial score (nSPS) is 16.2. The number of hydrogen-bond donors (Lipinski definition) is 3. The fourth-order valence-electron chi connectivity index (χ4n) is 3.69. The van der Waals surface area contributed by atoms with E-state index in [1.54, 1.807) is 7.05 Å². The zero-order chi connectivity index (χ0) is 23.0. The van der Waals surface area contributed by atoms with Gasteiger partial charge in [0.25, 0.3) is 0 Å². The molecule has 2 aromatic carbocycles. The van der Waals surface area contributed by atoms with Gasteiger partial charge >= 0.3 is 6.18 Å². The number of halogens is 3. The van der Waals surface area contributed by atoms with E-state index in [2.05, 4.69) is 44.8 Å². The smallest absolute Gasteiger partial charge is 0.393 e. The Morgan fingerprint density at radius 1 is 0.969 bits per heavy atom. The number of hydrogen-bond acceptors (Lipinski definition) is 3. The van der Waals surface area contributed by atoms with Crippen molar-refractivity contribution in [3.63, 3.8) is 0 Å². The van der Waals surface area contributed by atoms with E-state index in [0.717, 1.165) is 55.7 Å². The maximum Gasteiger partial charge on any atom is 0.416 e. The topological polar surface area (TPSA) is 59.9 Å². The van der Waals surface area contributed by atoms with Crippen LogP contribution in [-0.2, 0) is 25.7 Å². The van der Waals surface area contributed by atoms with Gasteiger partial charge in [0.1, 0.15) is 0 Å². The number of rotatable bonds is 7. The first kappa shape index (κ1) is 24.1. The summed E-state index contributed by atoms with van der Waals surface area (Å²) in [4.78, 5) is 6.56. The molecule has 8 heteroatoms. The Morgan fingerprint density at radius 3 is 2.16 bits per heavy atom. The van der Waals surface area contributed by atoms with E-state index < -0.39 is 11.7 Å². The van der Waals surface area contributed by atoms with E-state index in [9.17, 15) is 18.3 Å². The molecule has 174 valence electrons. The van der Waals surface area contributed by atoms with Crippen molar-refractivity contribution >= 4 is 5.96 Å². The predicted molar refractivity (Wildman–Crippen MR) is 120 cm³/mol. The van der Waals surface area contributed by atoms with Crippen molar-refractivity contribution in [3.8, 4) is 0 Å². The van der Waals surface area contributed by atoms with Gasteiger partial charge in [-0.2, -0.15) is 13.2 Å². The average Bonchev–Trinajstić information content (AvgIpc) is 2.78. The third-order valence-electron chi connectivity index (χ3n) is 5.66. The zero-order valence-corrected chi connectivity index (χ0v) is 18.3. The second-order valence-electron chi connectivity index (χ2n) is 8.12. The molecule has 1 heterocycles. The molecular formula is C24H31F3N4O. The number of piperidine rings is 1. The summed E-state index contributed by atoms with van der Waals surface area (Å²) in [5.74, 6) is 0.646. The first-order valence-electron chi connectivity index (χ1n) is 10.9. The Labute approximate surface area is 187 Å². The summed E-state index contributed by atoms with van der Waals surface area (Å²) in [7, 11) is 1.69. The molecule has 0 aromatic heterocycles. The predicted octanol–water partition coefficient (Wildman–Crippen LogP) is 3.57. The number of likely N-dealkylation sites (tertiary alicyclic amines) is 1. The fraction of sp³-hybridized carbons (Fsp3) is 0.458. The van der Waals surface area contributed by atoms with Crippen LogP contribution in [0.3, 0.4) is 0 Å². The van der Waals surface area contributed by atoms with Crippen molar-refractivity contribution in [2.45, 2.75) is 44.6 Å². The second-order valence-corrected chi connectivity index (χ2v) is 8.12. The quantitative estimate of drug-likeness (QED) is 0.448. The number of nitrogens with zero attached hydrogens (tertiary/aromatic N) is 2. The van der Waals surface area contributed by atoms with Crippen LogP contribution in [0.5, 0.6) is 0 Å². The molecule has 1 fully saturated rings. The molecule has 1 aliphatic heterocycles. The number of aliphatic hydroxyl groups is 1. The van der Waals surface area contributed by atoms with Crippen LogP contribution < -0.4 is 10.6 Å². The van der Waals surface area contributed by atoms with Crippen molar-refractivity contribution < 1.29 is 18.3 Å². The van der Waals surface area contributed by atoms with Gasteiger partial charge < -0.3 is 15.7 Å². The third kappa shape index (κ3) is 7.53. The highest BCUT2D eigenvalue weighted by Gasteiger charge is 2.29. The number of benzene rings is 2. The molecule has 0 unspecified atom stereocenters. The minimum absolute atomic E-state index is 0.155.